The lowest BCUT2D eigenvalue weighted by molar-refractivity contribution is -0.146. The summed E-state index contributed by atoms with van der Waals surface area (Å²) in [5.41, 5.74) is -0.212. The SMILES string of the molecule is Cn1ncnc1C1(COCC2CC2)CCC(C(=O)O)(c2ccccc2)CC1. The highest BCUT2D eigenvalue weighted by Gasteiger charge is 2.50. The van der Waals surface area contributed by atoms with Gasteiger partial charge in [-0.1, -0.05) is 30.3 Å². The number of benzene rings is 1. The third-order valence-electron chi connectivity index (χ3n) is 6.41. The second kappa shape index (κ2) is 7.08. The third-order valence-corrected chi connectivity index (χ3v) is 6.41. The number of aromatic nitrogens is 3. The van der Waals surface area contributed by atoms with Gasteiger partial charge in [0.15, 0.2) is 0 Å². The molecule has 27 heavy (non-hydrogen) atoms. The molecule has 0 radical (unpaired) electrons. The van der Waals surface area contributed by atoms with Gasteiger partial charge in [-0.2, -0.15) is 5.10 Å². The van der Waals surface area contributed by atoms with E-state index in [2.05, 4.69) is 10.1 Å². The summed E-state index contributed by atoms with van der Waals surface area (Å²) in [7, 11) is 1.90. The van der Waals surface area contributed by atoms with Gasteiger partial charge in [-0.15, -0.1) is 0 Å². The normalized spacial score (nSPS) is 28.2. The summed E-state index contributed by atoms with van der Waals surface area (Å²) in [6.45, 7) is 1.38. The van der Waals surface area contributed by atoms with Crippen LogP contribution in [0.2, 0.25) is 0 Å². The number of hydrogen-bond acceptors (Lipinski definition) is 4. The molecule has 4 rings (SSSR count). The first-order valence-corrected chi connectivity index (χ1v) is 9.77. The first-order valence-electron chi connectivity index (χ1n) is 9.77. The number of aliphatic carboxylic acids is 1. The fraction of sp³-hybridized carbons (Fsp3) is 0.571. The van der Waals surface area contributed by atoms with Crippen molar-refractivity contribution in [1.29, 1.82) is 0 Å². The van der Waals surface area contributed by atoms with E-state index in [-0.39, 0.29) is 5.41 Å². The molecule has 0 unspecified atom stereocenters. The zero-order chi connectivity index (χ0) is 18.9. The molecule has 2 fully saturated rings. The van der Waals surface area contributed by atoms with Gasteiger partial charge in [0, 0.05) is 13.7 Å². The molecule has 1 N–H and O–H groups in total. The third kappa shape index (κ3) is 3.38. The molecule has 0 amide bonds. The zero-order valence-electron chi connectivity index (χ0n) is 15.8. The van der Waals surface area contributed by atoms with Crippen molar-refractivity contribution in [3.8, 4) is 0 Å². The average Bonchev–Trinajstić information content (AvgIpc) is 3.41. The van der Waals surface area contributed by atoms with E-state index < -0.39 is 11.4 Å². The maximum absolute atomic E-state index is 12.3. The van der Waals surface area contributed by atoms with Crippen LogP contribution in [0.4, 0.5) is 0 Å². The number of ether oxygens (including phenoxy) is 1. The Hall–Kier alpha value is -2.21. The number of hydrogen-bond donors (Lipinski definition) is 1. The van der Waals surface area contributed by atoms with Crippen molar-refractivity contribution in [3.63, 3.8) is 0 Å². The van der Waals surface area contributed by atoms with E-state index >= 15 is 0 Å². The second-order valence-corrected chi connectivity index (χ2v) is 8.20. The van der Waals surface area contributed by atoms with Crippen LogP contribution in [-0.2, 0) is 27.4 Å². The van der Waals surface area contributed by atoms with Crippen molar-refractivity contribution in [2.75, 3.05) is 13.2 Å². The van der Waals surface area contributed by atoms with Gasteiger partial charge in [-0.05, 0) is 50.0 Å². The van der Waals surface area contributed by atoms with Crippen LogP contribution >= 0.6 is 0 Å². The van der Waals surface area contributed by atoms with Crippen LogP contribution in [0.1, 0.15) is 49.9 Å². The lowest BCUT2D eigenvalue weighted by atomic mass is 9.61. The maximum atomic E-state index is 12.3. The van der Waals surface area contributed by atoms with Gasteiger partial charge in [-0.3, -0.25) is 9.48 Å². The quantitative estimate of drug-likeness (QED) is 0.812. The molecule has 2 aromatic rings. The van der Waals surface area contributed by atoms with Gasteiger partial charge in [0.05, 0.1) is 17.4 Å². The first-order chi connectivity index (χ1) is 13.1. The fourth-order valence-electron chi connectivity index (χ4n) is 4.45. The highest BCUT2D eigenvalue weighted by atomic mass is 16.5. The summed E-state index contributed by atoms with van der Waals surface area (Å²) in [5.74, 6) is 0.872. The summed E-state index contributed by atoms with van der Waals surface area (Å²) in [5, 5.41) is 14.3. The highest BCUT2D eigenvalue weighted by Crippen LogP contribution is 2.48. The first kappa shape index (κ1) is 18.2. The van der Waals surface area contributed by atoms with Gasteiger partial charge in [0.2, 0.25) is 0 Å². The molecule has 0 saturated heterocycles. The molecule has 0 bridgehead atoms. The Kier molecular flexibility index (Phi) is 4.76. The number of carbonyl (C=O) groups is 1. The summed E-state index contributed by atoms with van der Waals surface area (Å²) in [6.07, 6.45) is 6.70. The lowest BCUT2D eigenvalue weighted by Crippen LogP contribution is -2.47. The molecule has 144 valence electrons. The van der Waals surface area contributed by atoms with E-state index in [9.17, 15) is 9.90 Å². The number of rotatable bonds is 7. The maximum Gasteiger partial charge on any atom is 0.314 e. The number of carboxylic acids is 1. The number of nitrogens with zero attached hydrogens (tertiary/aromatic N) is 3. The molecular weight excluding hydrogens is 342 g/mol. The highest BCUT2D eigenvalue weighted by molar-refractivity contribution is 5.81. The monoisotopic (exact) mass is 369 g/mol. The Morgan fingerprint density at radius 1 is 1.22 bits per heavy atom. The van der Waals surface area contributed by atoms with Crippen molar-refractivity contribution in [1.82, 2.24) is 14.8 Å². The molecule has 2 saturated carbocycles. The second-order valence-electron chi connectivity index (χ2n) is 8.20. The molecular formula is C21H27N3O3. The van der Waals surface area contributed by atoms with Crippen molar-refractivity contribution in [3.05, 3.63) is 48.0 Å². The lowest BCUT2D eigenvalue weighted by Gasteiger charge is -2.44. The Morgan fingerprint density at radius 2 is 1.93 bits per heavy atom. The molecule has 6 heteroatoms. The Labute approximate surface area is 159 Å². The van der Waals surface area contributed by atoms with E-state index in [1.165, 1.54) is 12.8 Å². The Balaban J connectivity index is 1.59. The van der Waals surface area contributed by atoms with Crippen molar-refractivity contribution in [2.45, 2.75) is 49.4 Å². The predicted molar refractivity (Wildman–Crippen MR) is 100 cm³/mol. The topological polar surface area (TPSA) is 77.2 Å². The van der Waals surface area contributed by atoms with Crippen LogP contribution < -0.4 is 0 Å². The summed E-state index contributed by atoms with van der Waals surface area (Å²) in [6, 6.07) is 9.64. The van der Waals surface area contributed by atoms with Crippen LogP contribution in [0.3, 0.4) is 0 Å². The molecule has 1 heterocycles. The van der Waals surface area contributed by atoms with E-state index in [1.807, 2.05) is 42.1 Å². The van der Waals surface area contributed by atoms with E-state index in [4.69, 9.17) is 4.74 Å². The van der Waals surface area contributed by atoms with Crippen LogP contribution in [-0.4, -0.2) is 39.1 Å². The minimum Gasteiger partial charge on any atom is -0.481 e. The molecule has 2 aliphatic rings. The van der Waals surface area contributed by atoms with Crippen LogP contribution in [0.25, 0.3) is 0 Å². The van der Waals surface area contributed by atoms with Gasteiger partial charge < -0.3 is 9.84 Å². The minimum absolute atomic E-state index is 0.270. The molecule has 0 atom stereocenters. The van der Waals surface area contributed by atoms with Gasteiger partial charge in [0.1, 0.15) is 12.2 Å². The molecule has 6 nitrogen and oxygen atoms in total. The number of aryl methyl sites for hydroxylation is 1. The van der Waals surface area contributed by atoms with Gasteiger partial charge in [0.25, 0.3) is 0 Å². The standard InChI is InChI=1S/C21H27N3O3/c1-24-18(22-15-23-24)20(14-27-13-16-7-8-16)9-11-21(12-10-20,19(25)26)17-5-3-2-4-6-17/h2-6,15-16H,7-14H2,1H3,(H,25,26). The van der Waals surface area contributed by atoms with Crippen molar-refractivity contribution < 1.29 is 14.6 Å². The largest absolute Gasteiger partial charge is 0.481 e. The van der Waals surface area contributed by atoms with Crippen LogP contribution in [0, 0.1) is 5.92 Å². The van der Waals surface area contributed by atoms with Crippen LogP contribution in [0.15, 0.2) is 36.7 Å². The average molecular weight is 369 g/mol. The Morgan fingerprint density at radius 3 is 2.48 bits per heavy atom. The van der Waals surface area contributed by atoms with Crippen LogP contribution in [0.5, 0.6) is 0 Å². The Bertz CT molecular complexity index is 790. The van der Waals surface area contributed by atoms with Crippen molar-refractivity contribution >= 4 is 5.97 Å². The molecule has 1 aromatic heterocycles. The van der Waals surface area contributed by atoms with Crippen molar-refractivity contribution in [2.24, 2.45) is 13.0 Å². The molecule has 0 spiro atoms. The van der Waals surface area contributed by atoms with Gasteiger partial charge >= 0.3 is 5.97 Å². The van der Waals surface area contributed by atoms with E-state index in [1.54, 1.807) is 6.33 Å². The minimum atomic E-state index is -0.833. The summed E-state index contributed by atoms with van der Waals surface area (Å²) >= 11 is 0. The predicted octanol–water partition coefficient (Wildman–Crippen LogP) is 3.08. The summed E-state index contributed by atoms with van der Waals surface area (Å²) in [4.78, 5) is 16.8. The smallest absolute Gasteiger partial charge is 0.314 e. The van der Waals surface area contributed by atoms with Gasteiger partial charge in [-0.25, -0.2) is 4.98 Å². The summed E-state index contributed by atoms with van der Waals surface area (Å²) < 4.78 is 7.90. The number of carboxylic acid groups (broad SMARTS) is 1. The molecule has 2 aliphatic carbocycles. The van der Waals surface area contributed by atoms with E-state index in [0.717, 1.165) is 30.8 Å². The van der Waals surface area contributed by atoms with E-state index in [0.29, 0.717) is 25.4 Å². The molecule has 1 aromatic carbocycles. The fourth-order valence-corrected chi connectivity index (χ4v) is 4.45. The molecule has 0 aliphatic heterocycles. The zero-order valence-corrected chi connectivity index (χ0v) is 15.8.